The van der Waals surface area contributed by atoms with Crippen molar-refractivity contribution < 1.29 is 19.1 Å². The number of hydrogen-bond acceptors (Lipinski definition) is 4. The minimum Gasteiger partial charge on any atom is -0.495 e. The van der Waals surface area contributed by atoms with Crippen molar-refractivity contribution in [3.63, 3.8) is 0 Å². The van der Waals surface area contributed by atoms with Crippen LogP contribution in [0.5, 0.6) is 11.5 Å². The third-order valence-electron chi connectivity index (χ3n) is 5.17. The second-order valence-corrected chi connectivity index (χ2v) is 7.35. The van der Waals surface area contributed by atoms with Crippen LogP contribution in [0.3, 0.4) is 0 Å². The van der Waals surface area contributed by atoms with Gasteiger partial charge >= 0.3 is 6.03 Å². The lowest BCUT2D eigenvalue weighted by Crippen LogP contribution is -2.48. The van der Waals surface area contributed by atoms with Crippen LogP contribution in [0.25, 0.3) is 0 Å². The Kier molecular flexibility index (Phi) is 6.31. The highest BCUT2D eigenvalue weighted by molar-refractivity contribution is 6.32. The van der Waals surface area contributed by atoms with Gasteiger partial charge in [-0.2, -0.15) is 0 Å². The topological polar surface area (TPSA) is 71.1 Å². The first kappa shape index (κ1) is 19.6. The summed E-state index contributed by atoms with van der Waals surface area (Å²) in [6.07, 6.45) is 3.69. The van der Waals surface area contributed by atoms with Crippen molar-refractivity contribution in [2.75, 3.05) is 45.7 Å². The number of carbonyl (C=O) groups is 2. The maximum Gasteiger partial charge on any atom is 0.320 e. The van der Waals surface area contributed by atoms with E-state index in [-0.39, 0.29) is 17.9 Å². The lowest BCUT2D eigenvalue weighted by molar-refractivity contribution is -0.121. The molecule has 2 aliphatic rings. The molecule has 0 unspecified atom stereocenters. The lowest BCUT2D eigenvalue weighted by atomic mass is 9.97. The average molecular weight is 396 g/mol. The molecular weight excluding hydrogens is 370 g/mol. The highest BCUT2D eigenvalue weighted by Gasteiger charge is 2.32. The molecule has 0 spiro atoms. The number of anilines is 1. The second kappa shape index (κ2) is 8.69. The van der Waals surface area contributed by atoms with Crippen LogP contribution in [0.4, 0.5) is 10.5 Å². The number of nitrogens with one attached hydrogen (secondary N) is 1. The summed E-state index contributed by atoms with van der Waals surface area (Å²) < 4.78 is 10.5. The van der Waals surface area contributed by atoms with E-state index in [0.29, 0.717) is 35.3 Å². The number of piperidine rings is 1. The van der Waals surface area contributed by atoms with Crippen molar-refractivity contribution in [1.29, 1.82) is 0 Å². The van der Waals surface area contributed by atoms with Gasteiger partial charge in [-0.3, -0.25) is 4.79 Å². The summed E-state index contributed by atoms with van der Waals surface area (Å²) in [6.45, 7) is 2.77. The van der Waals surface area contributed by atoms with E-state index in [1.54, 1.807) is 17.0 Å². The van der Waals surface area contributed by atoms with E-state index < -0.39 is 0 Å². The highest BCUT2D eigenvalue weighted by Crippen LogP contribution is 2.36. The first-order chi connectivity index (χ1) is 13.0. The molecule has 0 aliphatic carbocycles. The van der Waals surface area contributed by atoms with Crippen LogP contribution in [0.15, 0.2) is 12.1 Å². The Bertz CT molecular complexity index is 706. The molecule has 8 heteroatoms. The Morgan fingerprint density at radius 2 is 1.70 bits per heavy atom. The number of rotatable bonds is 4. The van der Waals surface area contributed by atoms with Crippen molar-refractivity contribution in [3.05, 3.63) is 17.2 Å². The first-order valence-electron chi connectivity index (χ1n) is 9.29. The van der Waals surface area contributed by atoms with Gasteiger partial charge in [0, 0.05) is 38.3 Å². The molecule has 2 saturated heterocycles. The maximum absolute atomic E-state index is 12.8. The van der Waals surface area contributed by atoms with E-state index in [2.05, 4.69) is 5.32 Å². The molecule has 1 aromatic carbocycles. The van der Waals surface area contributed by atoms with Gasteiger partial charge in [0.05, 0.1) is 30.8 Å². The summed E-state index contributed by atoms with van der Waals surface area (Å²) in [5, 5.41) is 3.32. The number of nitrogens with zero attached hydrogens (tertiary/aromatic N) is 2. The molecule has 0 radical (unpaired) electrons. The SMILES string of the molecule is COc1cc(NC(=O)[C@@H]2CCCN(C(=O)N3CCCC3)C2)c(OC)cc1Cl. The van der Waals surface area contributed by atoms with E-state index in [9.17, 15) is 9.59 Å². The van der Waals surface area contributed by atoms with Crippen LogP contribution < -0.4 is 14.8 Å². The number of carbonyl (C=O) groups excluding carboxylic acids is 2. The smallest absolute Gasteiger partial charge is 0.320 e. The fourth-order valence-electron chi connectivity index (χ4n) is 3.67. The number of benzene rings is 1. The Morgan fingerprint density at radius 1 is 1.04 bits per heavy atom. The third kappa shape index (κ3) is 4.40. The van der Waals surface area contributed by atoms with E-state index in [1.165, 1.54) is 14.2 Å². The van der Waals surface area contributed by atoms with E-state index in [0.717, 1.165) is 38.8 Å². The standard InChI is InChI=1S/C19H26ClN3O4/c1-26-16-11-15(17(27-2)10-14(16)20)21-18(24)13-6-5-9-23(12-13)19(25)22-7-3-4-8-22/h10-11,13H,3-9,12H2,1-2H3,(H,21,24)/t13-/m1/s1. The van der Waals surface area contributed by atoms with Gasteiger partial charge < -0.3 is 24.6 Å². The molecule has 0 bridgehead atoms. The van der Waals surface area contributed by atoms with Crippen molar-refractivity contribution in [3.8, 4) is 11.5 Å². The maximum atomic E-state index is 12.8. The van der Waals surface area contributed by atoms with Crippen molar-refractivity contribution in [1.82, 2.24) is 9.80 Å². The summed E-state index contributed by atoms with van der Waals surface area (Å²) in [7, 11) is 3.03. The van der Waals surface area contributed by atoms with Gasteiger partial charge in [0.1, 0.15) is 11.5 Å². The quantitative estimate of drug-likeness (QED) is 0.849. The lowest BCUT2D eigenvalue weighted by Gasteiger charge is -2.34. The predicted octanol–water partition coefficient (Wildman–Crippen LogP) is 3.22. The molecule has 2 fully saturated rings. The van der Waals surface area contributed by atoms with Gasteiger partial charge in [-0.05, 0) is 25.7 Å². The molecule has 1 aromatic rings. The first-order valence-corrected chi connectivity index (χ1v) is 9.67. The zero-order valence-electron chi connectivity index (χ0n) is 15.8. The molecule has 3 rings (SSSR count). The van der Waals surface area contributed by atoms with Crippen LogP contribution in [-0.2, 0) is 4.79 Å². The molecule has 148 valence electrons. The molecule has 2 aliphatic heterocycles. The Morgan fingerprint density at radius 3 is 2.37 bits per heavy atom. The molecule has 3 amide bonds. The fraction of sp³-hybridized carbons (Fsp3) is 0.579. The molecule has 27 heavy (non-hydrogen) atoms. The zero-order chi connectivity index (χ0) is 19.4. The second-order valence-electron chi connectivity index (χ2n) is 6.94. The minimum absolute atomic E-state index is 0.0516. The van der Waals surface area contributed by atoms with Crippen LogP contribution in [0.1, 0.15) is 25.7 Å². The molecule has 7 nitrogen and oxygen atoms in total. The van der Waals surface area contributed by atoms with Crippen molar-refractivity contribution in [2.24, 2.45) is 5.92 Å². The van der Waals surface area contributed by atoms with Gasteiger partial charge in [-0.1, -0.05) is 11.6 Å². The molecule has 0 aromatic heterocycles. The largest absolute Gasteiger partial charge is 0.495 e. The summed E-state index contributed by atoms with van der Waals surface area (Å²) in [5.74, 6) is 0.547. The average Bonchev–Trinajstić information content (AvgIpc) is 3.23. The number of amides is 3. The summed E-state index contributed by atoms with van der Waals surface area (Å²) in [6, 6.07) is 3.31. The monoisotopic (exact) mass is 395 g/mol. The fourth-order valence-corrected chi connectivity index (χ4v) is 3.90. The van der Waals surface area contributed by atoms with Gasteiger partial charge in [-0.15, -0.1) is 0 Å². The van der Waals surface area contributed by atoms with E-state index in [4.69, 9.17) is 21.1 Å². The minimum atomic E-state index is -0.253. The van der Waals surface area contributed by atoms with Crippen molar-refractivity contribution in [2.45, 2.75) is 25.7 Å². The molecular formula is C19H26ClN3O4. The number of methoxy groups -OCH3 is 2. The number of likely N-dealkylation sites (tertiary alicyclic amines) is 2. The Hall–Kier alpha value is -2.15. The van der Waals surface area contributed by atoms with Crippen LogP contribution in [0, 0.1) is 5.92 Å². The number of halogens is 1. The summed E-state index contributed by atoms with van der Waals surface area (Å²) >= 11 is 6.12. The summed E-state index contributed by atoms with van der Waals surface area (Å²) in [4.78, 5) is 29.1. The van der Waals surface area contributed by atoms with Crippen LogP contribution in [-0.4, -0.2) is 62.1 Å². The predicted molar refractivity (Wildman–Crippen MR) is 104 cm³/mol. The Labute approximate surface area is 164 Å². The Balaban J connectivity index is 1.68. The van der Waals surface area contributed by atoms with Crippen LogP contribution >= 0.6 is 11.6 Å². The zero-order valence-corrected chi connectivity index (χ0v) is 16.6. The van der Waals surface area contributed by atoms with E-state index in [1.807, 2.05) is 4.90 Å². The highest BCUT2D eigenvalue weighted by atomic mass is 35.5. The van der Waals surface area contributed by atoms with Crippen molar-refractivity contribution >= 4 is 29.2 Å². The van der Waals surface area contributed by atoms with E-state index >= 15 is 0 Å². The number of ether oxygens (including phenoxy) is 2. The number of hydrogen-bond donors (Lipinski definition) is 1. The van der Waals surface area contributed by atoms with Crippen LogP contribution in [0.2, 0.25) is 5.02 Å². The molecule has 1 N–H and O–H groups in total. The molecule has 2 heterocycles. The van der Waals surface area contributed by atoms with Gasteiger partial charge in [0.15, 0.2) is 0 Å². The third-order valence-corrected chi connectivity index (χ3v) is 5.47. The number of urea groups is 1. The molecule has 0 saturated carbocycles. The normalized spacial score (nSPS) is 19.7. The molecule has 1 atom stereocenters. The summed E-state index contributed by atoms with van der Waals surface area (Å²) in [5.41, 5.74) is 0.506. The van der Waals surface area contributed by atoms with Gasteiger partial charge in [0.25, 0.3) is 0 Å². The van der Waals surface area contributed by atoms with Gasteiger partial charge in [0.2, 0.25) is 5.91 Å². The van der Waals surface area contributed by atoms with Gasteiger partial charge in [-0.25, -0.2) is 4.79 Å².